The Hall–Kier alpha value is -3.32. The van der Waals surface area contributed by atoms with Crippen LogP contribution in [0.5, 0.6) is 0 Å². The molecule has 0 fully saturated rings. The van der Waals surface area contributed by atoms with Gasteiger partial charge in [-0.15, -0.1) is 0 Å². The zero-order chi connectivity index (χ0) is 19.7. The normalized spacial score (nSPS) is 11.9. The largest absolute Gasteiger partial charge is 0.468 e. The highest BCUT2D eigenvalue weighted by molar-refractivity contribution is 7.17. The molecule has 0 unspecified atom stereocenters. The quantitative estimate of drug-likeness (QED) is 0.495. The number of benzene rings is 3. The van der Waals surface area contributed by atoms with Crippen molar-refractivity contribution in [2.45, 2.75) is 6.54 Å². The molecule has 0 bridgehead atoms. The Balaban J connectivity index is 1.97. The maximum absolute atomic E-state index is 14.0. The van der Waals surface area contributed by atoms with E-state index in [2.05, 4.69) is 4.99 Å². The number of fused-ring (bicyclic) bond motifs is 3. The van der Waals surface area contributed by atoms with Crippen LogP contribution in [0.25, 0.3) is 21.0 Å². The van der Waals surface area contributed by atoms with Gasteiger partial charge < -0.3 is 9.30 Å². The summed E-state index contributed by atoms with van der Waals surface area (Å²) in [6.45, 7) is -0.0990. The minimum Gasteiger partial charge on any atom is -0.468 e. The van der Waals surface area contributed by atoms with E-state index in [-0.39, 0.29) is 12.1 Å². The van der Waals surface area contributed by atoms with Gasteiger partial charge in [-0.25, -0.2) is 4.39 Å². The fraction of sp³-hybridized carbons (Fsp3) is 0.0952. The predicted octanol–water partition coefficient (Wildman–Crippen LogP) is 3.91. The number of nitrogens with zero attached hydrogens (tertiary/aromatic N) is 2. The molecular weight excluding hydrogens is 379 g/mol. The molecule has 0 atom stereocenters. The van der Waals surface area contributed by atoms with Gasteiger partial charge in [-0.1, -0.05) is 53.8 Å². The number of hydrogen-bond acceptors (Lipinski definition) is 4. The minimum atomic E-state index is -0.701. The third-order valence-electron chi connectivity index (χ3n) is 4.39. The Kier molecular flexibility index (Phi) is 4.75. The molecule has 4 aromatic rings. The number of aromatic nitrogens is 1. The molecular formula is C21H15FN2O3S. The average molecular weight is 394 g/mol. The molecule has 7 heteroatoms. The summed E-state index contributed by atoms with van der Waals surface area (Å²) in [7, 11) is 1.30. The standard InChI is InChI=1S/C21H15FN2O3S/c1-27-18(25)12-24-17-11-10-13-6-2-3-7-14(13)19(17)28-21(24)23-20(26)15-8-4-5-9-16(15)22/h2-11H,12H2,1H3. The second-order valence-electron chi connectivity index (χ2n) is 6.08. The first kappa shape index (κ1) is 18.1. The molecule has 28 heavy (non-hydrogen) atoms. The molecule has 4 rings (SSSR count). The van der Waals surface area contributed by atoms with Crippen molar-refractivity contribution in [1.29, 1.82) is 0 Å². The fourth-order valence-corrected chi connectivity index (χ4v) is 4.17. The average Bonchev–Trinajstić information content (AvgIpc) is 3.05. The van der Waals surface area contributed by atoms with E-state index in [0.717, 1.165) is 21.0 Å². The summed E-state index contributed by atoms with van der Waals surface area (Å²) in [4.78, 5) is 28.9. The van der Waals surface area contributed by atoms with Crippen LogP contribution in [0.3, 0.4) is 0 Å². The Bertz CT molecular complexity index is 1290. The number of carbonyl (C=O) groups is 2. The first-order valence-electron chi connectivity index (χ1n) is 8.50. The van der Waals surface area contributed by atoms with E-state index in [0.29, 0.717) is 4.80 Å². The zero-order valence-corrected chi connectivity index (χ0v) is 15.7. The van der Waals surface area contributed by atoms with E-state index in [1.54, 1.807) is 10.6 Å². The number of halogens is 1. The van der Waals surface area contributed by atoms with Crippen molar-refractivity contribution >= 4 is 44.2 Å². The fourth-order valence-electron chi connectivity index (χ4n) is 3.01. The molecule has 0 spiro atoms. The van der Waals surface area contributed by atoms with Crippen molar-refractivity contribution in [3.63, 3.8) is 0 Å². The van der Waals surface area contributed by atoms with Crippen molar-refractivity contribution in [2.24, 2.45) is 4.99 Å². The monoisotopic (exact) mass is 394 g/mol. The molecule has 1 heterocycles. The molecule has 3 aromatic carbocycles. The van der Waals surface area contributed by atoms with Crippen molar-refractivity contribution in [3.05, 3.63) is 76.8 Å². The van der Waals surface area contributed by atoms with Crippen LogP contribution in [0.4, 0.5) is 4.39 Å². The Morgan fingerprint density at radius 1 is 1.07 bits per heavy atom. The van der Waals surface area contributed by atoms with Crippen LogP contribution in [-0.2, 0) is 16.1 Å². The van der Waals surface area contributed by atoms with E-state index < -0.39 is 17.7 Å². The summed E-state index contributed by atoms with van der Waals surface area (Å²) in [5, 5.41) is 2.02. The summed E-state index contributed by atoms with van der Waals surface area (Å²) < 4.78 is 21.3. The second kappa shape index (κ2) is 7.36. The third-order valence-corrected chi connectivity index (χ3v) is 5.52. The minimum absolute atomic E-state index is 0.0990. The molecule has 1 amide bonds. The van der Waals surface area contributed by atoms with Gasteiger partial charge in [-0.3, -0.25) is 9.59 Å². The predicted molar refractivity (Wildman–Crippen MR) is 106 cm³/mol. The molecule has 0 aliphatic rings. The molecule has 0 aliphatic heterocycles. The lowest BCUT2D eigenvalue weighted by atomic mass is 10.1. The van der Waals surface area contributed by atoms with Gasteiger partial charge in [-0.2, -0.15) is 4.99 Å². The topological polar surface area (TPSA) is 60.7 Å². The van der Waals surface area contributed by atoms with Crippen LogP contribution in [-0.4, -0.2) is 23.6 Å². The SMILES string of the molecule is COC(=O)Cn1c(=NC(=O)c2ccccc2F)sc2c3ccccc3ccc21. The lowest BCUT2D eigenvalue weighted by Gasteiger charge is -2.05. The van der Waals surface area contributed by atoms with Crippen molar-refractivity contribution in [2.75, 3.05) is 7.11 Å². The number of esters is 1. The van der Waals surface area contributed by atoms with Crippen molar-refractivity contribution < 1.29 is 18.7 Å². The van der Waals surface area contributed by atoms with Gasteiger partial charge in [0.1, 0.15) is 12.4 Å². The molecule has 1 aromatic heterocycles. The van der Waals surface area contributed by atoms with E-state index in [4.69, 9.17) is 4.74 Å². The Labute approximate surface area is 163 Å². The van der Waals surface area contributed by atoms with Gasteiger partial charge in [0.25, 0.3) is 5.91 Å². The van der Waals surface area contributed by atoms with E-state index in [1.807, 2.05) is 36.4 Å². The number of methoxy groups -OCH3 is 1. The number of amides is 1. The van der Waals surface area contributed by atoms with E-state index >= 15 is 0 Å². The number of carbonyl (C=O) groups excluding carboxylic acids is 2. The summed E-state index contributed by atoms with van der Waals surface area (Å²) >= 11 is 1.28. The van der Waals surface area contributed by atoms with Crippen LogP contribution < -0.4 is 4.80 Å². The lowest BCUT2D eigenvalue weighted by molar-refractivity contribution is -0.141. The number of hydrogen-bond donors (Lipinski definition) is 0. The smallest absolute Gasteiger partial charge is 0.325 e. The van der Waals surface area contributed by atoms with Crippen LogP contribution in [0.1, 0.15) is 10.4 Å². The van der Waals surface area contributed by atoms with Gasteiger partial charge in [0.05, 0.1) is 22.9 Å². The lowest BCUT2D eigenvalue weighted by Crippen LogP contribution is -2.22. The maximum Gasteiger partial charge on any atom is 0.325 e. The van der Waals surface area contributed by atoms with Gasteiger partial charge in [0.15, 0.2) is 4.80 Å². The molecule has 0 aliphatic carbocycles. The number of thiazole rings is 1. The third kappa shape index (κ3) is 3.20. The van der Waals surface area contributed by atoms with Gasteiger partial charge >= 0.3 is 5.97 Å². The summed E-state index contributed by atoms with van der Waals surface area (Å²) in [6.07, 6.45) is 0. The van der Waals surface area contributed by atoms with Crippen LogP contribution in [0, 0.1) is 5.82 Å². The number of ether oxygens (including phenoxy) is 1. The summed E-state index contributed by atoms with van der Waals surface area (Å²) in [6, 6.07) is 17.3. The van der Waals surface area contributed by atoms with Crippen LogP contribution >= 0.6 is 11.3 Å². The highest BCUT2D eigenvalue weighted by Crippen LogP contribution is 2.27. The van der Waals surface area contributed by atoms with Crippen LogP contribution in [0.15, 0.2) is 65.7 Å². The Morgan fingerprint density at radius 3 is 2.61 bits per heavy atom. The molecule has 0 radical (unpaired) electrons. The molecule has 0 saturated carbocycles. The first-order valence-corrected chi connectivity index (χ1v) is 9.31. The maximum atomic E-state index is 14.0. The molecule has 140 valence electrons. The highest BCUT2D eigenvalue weighted by atomic mass is 32.1. The van der Waals surface area contributed by atoms with Gasteiger partial charge in [0, 0.05) is 5.39 Å². The van der Waals surface area contributed by atoms with Crippen molar-refractivity contribution in [3.8, 4) is 0 Å². The highest BCUT2D eigenvalue weighted by Gasteiger charge is 2.15. The van der Waals surface area contributed by atoms with Crippen LogP contribution in [0.2, 0.25) is 0 Å². The van der Waals surface area contributed by atoms with E-state index in [9.17, 15) is 14.0 Å². The zero-order valence-electron chi connectivity index (χ0n) is 14.9. The second-order valence-corrected chi connectivity index (χ2v) is 7.06. The first-order chi connectivity index (χ1) is 13.6. The summed E-state index contributed by atoms with van der Waals surface area (Å²) in [5.41, 5.74) is 0.642. The Morgan fingerprint density at radius 2 is 1.82 bits per heavy atom. The van der Waals surface area contributed by atoms with Gasteiger partial charge in [-0.05, 0) is 23.6 Å². The van der Waals surface area contributed by atoms with Crippen molar-refractivity contribution in [1.82, 2.24) is 4.57 Å². The number of rotatable bonds is 3. The van der Waals surface area contributed by atoms with Gasteiger partial charge in [0.2, 0.25) is 0 Å². The van der Waals surface area contributed by atoms with E-state index in [1.165, 1.54) is 36.6 Å². The summed E-state index contributed by atoms with van der Waals surface area (Å²) in [5.74, 6) is -1.80. The molecule has 5 nitrogen and oxygen atoms in total. The molecule has 0 N–H and O–H groups in total. The molecule has 0 saturated heterocycles.